The number of nitrogens with one attached hydrogen (secondary N) is 1. The minimum atomic E-state index is -0.0308. The van der Waals surface area contributed by atoms with Gasteiger partial charge in [-0.3, -0.25) is 4.79 Å². The fourth-order valence-electron chi connectivity index (χ4n) is 2.27. The number of rotatable bonds is 2. The lowest BCUT2D eigenvalue weighted by atomic mass is 9.87. The second-order valence-electron chi connectivity index (χ2n) is 4.66. The van der Waals surface area contributed by atoms with Gasteiger partial charge in [0.1, 0.15) is 0 Å². The summed E-state index contributed by atoms with van der Waals surface area (Å²) in [5, 5.41) is 11.9. The highest BCUT2D eigenvalue weighted by Crippen LogP contribution is 2.23. The summed E-state index contributed by atoms with van der Waals surface area (Å²) in [6, 6.07) is 9.88. The minimum Gasteiger partial charge on any atom is -0.349 e. The topological polar surface area (TPSA) is 52.9 Å². The second kappa shape index (κ2) is 6.01. The first-order valence-electron chi connectivity index (χ1n) is 6.15. The third-order valence-corrected chi connectivity index (χ3v) is 3.83. The number of carbonyl (C=O) groups is 1. The second-order valence-corrected chi connectivity index (χ2v) is 5.58. The fraction of sp³-hybridized carbons (Fsp3) is 0.429. The maximum absolute atomic E-state index is 12.0. The van der Waals surface area contributed by atoms with Crippen molar-refractivity contribution in [2.75, 3.05) is 0 Å². The third-order valence-electron chi connectivity index (χ3n) is 3.33. The Kier molecular flexibility index (Phi) is 4.38. The molecule has 4 heteroatoms. The van der Waals surface area contributed by atoms with Crippen LogP contribution in [0.5, 0.6) is 0 Å². The van der Waals surface area contributed by atoms with Gasteiger partial charge in [0.05, 0.1) is 6.07 Å². The molecule has 1 aromatic carbocycles. The Morgan fingerprint density at radius 2 is 2.06 bits per heavy atom. The molecular formula is C14H15BrN2O. The van der Waals surface area contributed by atoms with Crippen LogP contribution < -0.4 is 5.32 Å². The van der Waals surface area contributed by atoms with Crippen molar-refractivity contribution in [2.45, 2.75) is 31.7 Å². The minimum absolute atomic E-state index is 0.0308. The van der Waals surface area contributed by atoms with Gasteiger partial charge in [0.15, 0.2) is 0 Å². The van der Waals surface area contributed by atoms with E-state index >= 15 is 0 Å². The van der Waals surface area contributed by atoms with Gasteiger partial charge in [-0.1, -0.05) is 22.0 Å². The first kappa shape index (κ1) is 13.1. The van der Waals surface area contributed by atoms with Gasteiger partial charge in [-0.15, -0.1) is 0 Å². The summed E-state index contributed by atoms with van der Waals surface area (Å²) < 4.78 is 0.906. The van der Waals surface area contributed by atoms with E-state index in [4.69, 9.17) is 5.26 Å². The van der Waals surface area contributed by atoms with Gasteiger partial charge in [0.25, 0.3) is 5.91 Å². The molecule has 0 aliphatic heterocycles. The molecular weight excluding hydrogens is 292 g/mol. The average molecular weight is 307 g/mol. The summed E-state index contributed by atoms with van der Waals surface area (Å²) in [4.78, 5) is 12.0. The smallest absolute Gasteiger partial charge is 0.251 e. The predicted molar refractivity (Wildman–Crippen MR) is 73.0 cm³/mol. The van der Waals surface area contributed by atoms with Gasteiger partial charge >= 0.3 is 0 Å². The maximum Gasteiger partial charge on any atom is 0.251 e. The van der Waals surface area contributed by atoms with E-state index in [-0.39, 0.29) is 17.9 Å². The van der Waals surface area contributed by atoms with E-state index in [2.05, 4.69) is 27.3 Å². The monoisotopic (exact) mass is 306 g/mol. The van der Waals surface area contributed by atoms with E-state index < -0.39 is 0 Å². The van der Waals surface area contributed by atoms with Crippen molar-refractivity contribution in [1.82, 2.24) is 5.32 Å². The van der Waals surface area contributed by atoms with Gasteiger partial charge < -0.3 is 5.32 Å². The lowest BCUT2D eigenvalue weighted by molar-refractivity contribution is 0.0925. The van der Waals surface area contributed by atoms with Crippen molar-refractivity contribution in [1.29, 1.82) is 5.26 Å². The summed E-state index contributed by atoms with van der Waals surface area (Å²) in [6.45, 7) is 0. The number of hydrogen-bond acceptors (Lipinski definition) is 2. The average Bonchev–Trinajstić information content (AvgIpc) is 2.39. The number of halogens is 1. The Morgan fingerprint density at radius 3 is 2.67 bits per heavy atom. The van der Waals surface area contributed by atoms with Crippen LogP contribution in [-0.2, 0) is 0 Å². The van der Waals surface area contributed by atoms with Crippen molar-refractivity contribution >= 4 is 21.8 Å². The Bertz CT molecular complexity index is 473. The molecule has 0 saturated heterocycles. The quantitative estimate of drug-likeness (QED) is 0.911. The number of benzene rings is 1. The van der Waals surface area contributed by atoms with E-state index in [0.29, 0.717) is 5.56 Å². The highest BCUT2D eigenvalue weighted by molar-refractivity contribution is 9.10. The van der Waals surface area contributed by atoms with Crippen molar-refractivity contribution in [2.24, 2.45) is 5.92 Å². The molecule has 94 valence electrons. The van der Waals surface area contributed by atoms with Crippen molar-refractivity contribution in [3.63, 3.8) is 0 Å². The van der Waals surface area contributed by atoms with Crippen LogP contribution in [0.1, 0.15) is 36.0 Å². The SMILES string of the molecule is N#CC1CCC(NC(=O)c2cccc(Br)c2)CC1. The lowest BCUT2D eigenvalue weighted by Gasteiger charge is -2.25. The van der Waals surface area contributed by atoms with Crippen LogP contribution in [-0.4, -0.2) is 11.9 Å². The molecule has 0 radical (unpaired) electrons. The molecule has 1 aromatic rings. The lowest BCUT2D eigenvalue weighted by Crippen LogP contribution is -2.37. The van der Waals surface area contributed by atoms with Crippen LogP contribution in [0, 0.1) is 17.2 Å². The van der Waals surface area contributed by atoms with Gasteiger partial charge in [0, 0.05) is 22.0 Å². The van der Waals surface area contributed by atoms with Crippen molar-refractivity contribution in [3.8, 4) is 6.07 Å². The van der Waals surface area contributed by atoms with Crippen LogP contribution >= 0.6 is 15.9 Å². The third kappa shape index (κ3) is 3.33. The molecule has 0 heterocycles. The summed E-state index contributed by atoms with van der Waals surface area (Å²) in [6.07, 6.45) is 3.58. The van der Waals surface area contributed by atoms with Gasteiger partial charge in [-0.2, -0.15) is 5.26 Å². The van der Waals surface area contributed by atoms with Gasteiger partial charge in [0.2, 0.25) is 0 Å². The standard InChI is InChI=1S/C14H15BrN2O/c15-12-3-1-2-11(8-12)14(18)17-13-6-4-10(9-16)5-7-13/h1-3,8,10,13H,4-7H2,(H,17,18). The molecule has 0 unspecified atom stereocenters. The summed E-state index contributed by atoms with van der Waals surface area (Å²) in [5.74, 6) is 0.140. The molecule has 0 bridgehead atoms. The molecule has 0 spiro atoms. The largest absolute Gasteiger partial charge is 0.349 e. The highest BCUT2D eigenvalue weighted by atomic mass is 79.9. The first-order chi connectivity index (χ1) is 8.69. The zero-order valence-electron chi connectivity index (χ0n) is 10.0. The predicted octanol–water partition coefficient (Wildman–Crippen LogP) is 3.26. The molecule has 1 saturated carbocycles. The molecule has 3 nitrogen and oxygen atoms in total. The van der Waals surface area contributed by atoms with E-state index in [1.165, 1.54) is 0 Å². The van der Waals surface area contributed by atoms with E-state index in [1.807, 2.05) is 18.2 Å². The molecule has 1 fully saturated rings. The Labute approximate surface area is 115 Å². The van der Waals surface area contributed by atoms with Crippen LogP contribution in [0.25, 0.3) is 0 Å². The van der Waals surface area contributed by atoms with E-state index in [0.717, 1.165) is 30.2 Å². The van der Waals surface area contributed by atoms with Crippen LogP contribution in [0.2, 0.25) is 0 Å². The summed E-state index contributed by atoms with van der Waals surface area (Å²) in [5.41, 5.74) is 0.673. The molecule has 2 rings (SSSR count). The Hall–Kier alpha value is -1.34. The van der Waals surface area contributed by atoms with Crippen LogP contribution in [0.15, 0.2) is 28.7 Å². The molecule has 1 N–H and O–H groups in total. The molecule has 18 heavy (non-hydrogen) atoms. The molecule has 1 aliphatic rings. The van der Waals surface area contributed by atoms with Crippen molar-refractivity contribution < 1.29 is 4.79 Å². The normalized spacial score (nSPS) is 23.1. The molecule has 0 atom stereocenters. The van der Waals surface area contributed by atoms with Gasteiger partial charge in [-0.05, 0) is 43.9 Å². The van der Waals surface area contributed by atoms with Crippen LogP contribution in [0.3, 0.4) is 0 Å². The molecule has 1 aliphatic carbocycles. The number of amides is 1. The molecule has 0 aromatic heterocycles. The zero-order chi connectivity index (χ0) is 13.0. The number of carbonyl (C=O) groups excluding carboxylic acids is 1. The Morgan fingerprint density at radius 1 is 1.33 bits per heavy atom. The summed E-state index contributed by atoms with van der Waals surface area (Å²) in [7, 11) is 0. The maximum atomic E-state index is 12.0. The van der Waals surface area contributed by atoms with Crippen molar-refractivity contribution in [3.05, 3.63) is 34.3 Å². The zero-order valence-corrected chi connectivity index (χ0v) is 11.6. The van der Waals surface area contributed by atoms with Gasteiger partial charge in [-0.25, -0.2) is 0 Å². The van der Waals surface area contributed by atoms with E-state index in [9.17, 15) is 4.79 Å². The number of nitrogens with zero attached hydrogens (tertiary/aromatic N) is 1. The summed E-state index contributed by atoms with van der Waals surface area (Å²) >= 11 is 3.36. The first-order valence-corrected chi connectivity index (χ1v) is 6.94. The van der Waals surface area contributed by atoms with E-state index in [1.54, 1.807) is 6.07 Å². The highest BCUT2D eigenvalue weighted by Gasteiger charge is 2.22. The fourth-order valence-corrected chi connectivity index (χ4v) is 2.66. The Balaban J connectivity index is 1.91. The van der Waals surface area contributed by atoms with Crippen LogP contribution in [0.4, 0.5) is 0 Å². The number of hydrogen-bond donors (Lipinski definition) is 1. The number of nitriles is 1. The molecule has 1 amide bonds.